The summed E-state index contributed by atoms with van der Waals surface area (Å²) in [6.07, 6.45) is 0.331. The molecular weight excluding hydrogens is 371 g/mol. The van der Waals surface area contributed by atoms with E-state index in [9.17, 15) is 18.0 Å². The summed E-state index contributed by atoms with van der Waals surface area (Å²) in [6, 6.07) is 2.41. The lowest BCUT2D eigenvalue weighted by Gasteiger charge is -2.35. The lowest BCUT2D eigenvalue weighted by Crippen LogP contribution is -2.57. The molecule has 2 aromatic rings. The number of benzene rings is 1. The number of alkyl halides is 3. The Morgan fingerprint density at radius 3 is 2.64 bits per heavy atom. The van der Waals surface area contributed by atoms with Gasteiger partial charge in [-0.1, -0.05) is 0 Å². The maximum Gasteiger partial charge on any atom is 0.405 e. The number of carbonyl (C=O) groups is 1. The van der Waals surface area contributed by atoms with Crippen molar-refractivity contribution in [2.24, 2.45) is 0 Å². The number of aryl methyl sites for hydroxylation is 2. The highest BCUT2D eigenvalue weighted by Gasteiger charge is 2.43. The molecule has 28 heavy (non-hydrogen) atoms. The van der Waals surface area contributed by atoms with E-state index in [2.05, 4.69) is 16.7 Å². The number of nitrogens with one attached hydrogen (secondary N) is 2. The fraction of sp³-hybridized carbons (Fsp3) is 0.550. The van der Waals surface area contributed by atoms with Crippen molar-refractivity contribution in [3.63, 3.8) is 0 Å². The summed E-state index contributed by atoms with van der Waals surface area (Å²) in [6.45, 7) is 1.24. The topological polar surface area (TPSA) is 57.5 Å². The Bertz CT molecular complexity index is 856. The lowest BCUT2D eigenvalue weighted by molar-refractivity contribution is -0.184. The van der Waals surface area contributed by atoms with Gasteiger partial charge in [0.15, 0.2) is 0 Å². The van der Waals surface area contributed by atoms with Crippen molar-refractivity contribution >= 4 is 16.9 Å². The van der Waals surface area contributed by atoms with E-state index in [0.29, 0.717) is 31.7 Å². The van der Waals surface area contributed by atoms with Gasteiger partial charge in [0.25, 0.3) is 0 Å². The standard InChI is InChI=1S/C20H24F3N3O2/c21-20(22,23)18(26-6-4-24-5-7-26)11-25-19(27)10-15-12-28-17-9-14-3-1-2-13(14)8-16(15)17/h8-9,12,18,24H,1-7,10-11H2,(H,25,27). The van der Waals surface area contributed by atoms with Crippen LogP contribution in [0.4, 0.5) is 13.2 Å². The summed E-state index contributed by atoms with van der Waals surface area (Å²) in [5, 5.41) is 6.40. The third-order valence-electron chi connectivity index (χ3n) is 5.68. The predicted molar refractivity (Wildman–Crippen MR) is 99.2 cm³/mol. The van der Waals surface area contributed by atoms with Crippen molar-refractivity contribution < 1.29 is 22.4 Å². The molecule has 1 unspecified atom stereocenters. The average Bonchev–Trinajstić information content (AvgIpc) is 3.26. The molecule has 0 saturated carbocycles. The first-order valence-electron chi connectivity index (χ1n) is 9.72. The van der Waals surface area contributed by atoms with E-state index in [1.165, 1.54) is 22.3 Å². The van der Waals surface area contributed by atoms with Crippen LogP contribution in [0.5, 0.6) is 0 Å². The minimum Gasteiger partial charge on any atom is -0.464 e. The maximum atomic E-state index is 13.4. The lowest BCUT2D eigenvalue weighted by atomic mass is 10.0. The summed E-state index contributed by atoms with van der Waals surface area (Å²) < 4.78 is 45.9. The zero-order chi connectivity index (χ0) is 19.7. The van der Waals surface area contributed by atoms with E-state index < -0.39 is 24.7 Å². The van der Waals surface area contributed by atoms with E-state index in [-0.39, 0.29) is 6.42 Å². The van der Waals surface area contributed by atoms with Crippen LogP contribution in [0.15, 0.2) is 22.8 Å². The number of halogens is 3. The van der Waals surface area contributed by atoms with E-state index in [1.807, 2.05) is 6.07 Å². The quantitative estimate of drug-likeness (QED) is 0.817. The first-order valence-corrected chi connectivity index (χ1v) is 9.72. The normalized spacial score (nSPS) is 19.0. The number of furan rings is 1. The van der Waals surface area contributed by atoms with Crippen LogP contribution in [-0.2, 0) is 24.1 Å². The predicted octanol–water partition coefficient (Wildman–Crippen LogP) is 2.42. The van der Waals surface area contributed by atoms with Crippen LogP contribution < -0.4 is 10.6 Å². The van der Waals surface area contributed by atoms with Crippen LogP contribution in [0.3, 0.4) is 0 Å². The smallest absolute Gasteiger partial charge is 0.405 e. The molecule has 0 spiro atoms. The molecular formula is C20H24F3N3O2. The fourth-order valence-corrected chi connectivity index (χ4v) is 4.18. The van der Waals surface area contributed by atoms with Crippen molar-refractivity contribution in [3.8, 4) is 0 Å². The first-order chi connectivity index (χ1) is 13.4. The monoisotopic (exact) mass is 395 g/mol. The molecule has 2 N–H and O–H groups in total. The summed E-state index contributed by atoms with van der Waals surface area (Å²) in [5.41, 5.74) is 4.00. The second-order valence-electron chi connectivity index (χ2n) is 7.56. The van der Waals surface area contributed by atoms with Crippen molar-refractivity contribution in [3.05, 3.63) is 35.1 Å². The Kier molecular flexibility index (Phi) is 5.33. The molecule has 1 aromatic heterocycles. The van der Waals surface area contributed by atoms with Crippen LogP contribution in [0.1, 0.15) is 23.1 Å². The molecule has 2 heterocycles. The van der Waals surface area contributed by atoms with E-state index in [0.717, 1.165) is 30.2 Å². The van der Waals surface area contributed by atoms with Crippen LogP contribution in [0.25, 0.3) is 11.0 Å². The van der Waals surface area contributed by atoms with Gasteiger partial charge in [0.05, 0.1) is 12.7 Å². The number of carbonyl (C=O) groups excluding carboxylic acids is 1. The van der Waals surface area contributed by atoms with Crippen molar-refractivity contribution in [1.29, 1.82) is 0 Å². The van der Waals surface area contributed by atoms with Crippen LogP contribution in [0.2, 0.25) is 0 Å². The van der Waals surface area contributed by atoms with Gasteiger partial charge in [0, 0.05) is 43.7 Å². The number of nitrogens with zero attached hydrogens (tertiary/aromatic N) is 1. The van der Waals surface area contributed by atoms with Crippen LogP contribution in [0, 0.1) is 0 Å². The number of hydrogen-bond donors (Lipinski definition) is 2. The summed E-state index contributed by atoms with van der Waals surface area (Å²) in [7, 11) is 0. The van der Waals surface area contributed by atoms with Gasteiger partial charge >= 0.3 is 6.18 Å². The van der Waals surface area contributed by atoms with Gasteiger partial charge in [-0.25, -0.2) is 0 Å². The molecule has 8 heteroatoms. The van der Waals surface area contributed by atoms with Crippen LogP contribution in [-0.4, -0.2) is 55.7 Å². The number of piperazine rings is 1. The Labute approximate surface area is 161 Å². The second kappa shape index (κ2) is 7.75. The molecule has 1 saturated heterocycles. The second-order valence-corrected chi connectivity index (χ2v) is 7.56. The van der Waals surface area contributed by atoms with Crippen LogP contribution >= 0.6 is 0 Å². The molecule has 1 fully saturated rings. The Balaban J connectivity index is 1.41. The number of hydrogen-bond acceptors (Lipinski definition) is 4. The largest absolute Gasteiger partial charge is 0.464 e. The zero-order valence-electron chi connectivity index (χ0n) is 15.6. The van der Waals surface area contributed by atoms with Crippen molar-refractivity contribution in [2.75, 3.05) is 32.7 Å². The minimum atomic E-state index is -4.38. The summed E-state index contributed by atoms with van der Waals surface area (Å²) >= 11 is 0. The van der Waals surface area contributed by atoms with Crippen molar-refractivity contribution in [1.82, 2.24) is 15.5 Å². The minimum absolute atomic E-state index is 0.0118. The van der Waals surface area contributed by atoms with Crippen molar-refractivity contribution in [2.45, 2.75) is 37.9 Å². The van der Waals surface area contributed by atoms with E-state index in [1.54, 1.807) is 0 Å². The van der Waals surface area contributed by atoms with Gasteiger partial charge in [0.1, 0.15) is 11.6 Å². The zero-order valence-corrected chi connectivity index (χ0v) is 15.6. The SMILES string of the molecule is O=C(Cc1coc2cc3c(cc12)CCC3)NCC(N1CCNCC1)C(F)(F)F. The van der Waals surface area contributed by atoms with Gasteiger partial charge in [-0.15, -0.1) is 0 Å². The molecule has 0 bridgehead atoms. The molecule has 1 aromatic carbocycles. The van der Waals surface area contributed by atoms with Gasteiger partial charge in [-0.3, -0.25) is 9.69 Å². The number of rotatable bonds is 5. The third-order valence-corrected chi connectivity index (χ3v) is 5.68. The number of fused-ring (bicyclic) bond motifs is 2. The van der Waals surface area contributed by atoms with Gasteiger partial charge in [-0.2, -0.15) is 13.2 Å². The molecule has 1 aliphatic heterocycles. The van der Waals surface area contributed by atoms with Gasteiger partial charge in [-0.05, 0) is 42.5 Å². The van der Waals surface area contributed by atoms with Gasteiger partial charge < -0.3 is 15.1 Å². The Morgan fingerprint density at radius 1 is 1.21 bits per heavy atom. The number of amides is 1. The highest BCUT2D eigenvalue weighted by atomic mass is 19.4. The molecule has 152 valence electrons. The molecule has 1 aliphatic carbocycles. The summed E-state index contributed by atoms with van der Waals surface area (Å²) in [4.78, 5) is 13.7. The molecule has 0 radical (unpaired) electrons. The Morgan fingerprint density at radius 2 is 1.93 bits per heavy atom. The first kappa shape index (κ1) is 19.3. The Hall–Kier alpha value is -2.06. The highest BCUT2D eigenvalue weighted by Crippen LogP contribution is 2.30. The fourth-order valence-electron chi connectivity index (χ4n) is 4.18. The molecule has 1 amide bonds. The maximum absolute atomic E-state index is 13.4. The average molecular weight is 395 g/mol. The summed E-state index contributed by atoms with van der Waals surface area (Å²) in [5.74, 6) is -0.424. The van der Waals surface area contributed by atoms with E-state index >= 15 is 0 Å². The highest BCUT2D eigenvalue weighted by molar-refractivity contribution is 5.88. The van der Waals surface area contributed by atoms with Gasteiger partial charge in [0.2, 0.25) is 5.91 Å². The molecule has 5 nitrogen and oxygen atoms in total. The molecule has 1 atom stereocenters. The molecule has 2 aliphatic rings. The molecule has 4 rings (SSSR count). The third kappa shape index (κ3) is 4.03. The van der Waals surface area contributed by atoms with E-state index in [4.69, 9.17) is 4.42 Å².